The second-order valence-corrected chi connectivity index (χ2v) is 5.71. The predicted octanol–water partition coefficient (Wildman–Crippen LogP) is 2.17. The van der Waals surface area contributed by atoms with Crippen LogP contribution in [0.15, 0.2) is 27.7 Å². The number of nitrogens with one attached hydrogen (secondary N) is 1. The number of halogens is 3. The summed E-state index contributed by atoms with van der Waals surface area (Å²) in [4.78, 5) is 12.3. The van der Waals surface area contributed by atoms with Crippen molar-refractivity contribution in [1.29, 1.82) is 0 Å². The maximum absolute atomic E-state index is 13.9. The molecular weight excluding hydrogens is 457 g/mol. The van der Waals surface area contributed by atoms with Crippen molar-refractivity contribution in [2.24, 2.45) is 4.99 Å². The molecule has 2 heterocycles. The fourth-order valence-electron chi connectivity index (χ4n) is 2.79. The van der Waals surface area contributed by atoms with Gasteiger partial charge in [-0.1, -0.05) is 5.16 Å². The van der Waals surface area contributed by atoms with Crippen molar-refractivity contribution in [1.82, 2.24) is 20.4 Å². The van der Waals surface area contributed by atoms with Crippen LogP contribution in [0.3, 0.4) is 0 Å². The van der Waals surface area contributed by atoms with Crippen LogP contribution in [0.4, 0.5) is 14.5 Å². The van der Waals surface area contributed by atoms with Crippen LogP contribution in [0.25, 0.3) is 0 Å². The summed E-state index contributed by atoms with van der Waals surface area (Å²) in [7, 11) is 1.69. The fourth-order valence-corrected chi connectivity index (χ4v) is 2.79. The zero-order valence-corrected chi connectivity index (χ0v) is 16.9. The minimum atomic E-state index is -0.439. The highest BCUT2D eigenvalue weighted by atomic mass is 127. The highest BCUT2D eigenvalue weighted by molar-refractivity contribution is 14.0. The molecule has 0 atom stereocenters. The van der Waals surface area contributed by atoms with Gasteiger partial charge in [-0.2, -0.15) is 4.98 Å². The number of aryl methyl sites for hydroxylation is 1. The van der Waals surface area contributed by atoms with E-state index < -0.39 is 11.6 Å². The van der Waals surface area contributed by atoms with E-state index in [2.05, 4.69) is 25.3 Å². The number of piperazine rings is 1. The monoisotopic (exact) mass is 478 g/mol. The number of aliphatic imine (C=N–C) groups is 1. The van der Waals surface area contributed by atoms with Crippen molar-refractivity contribution in [2.45, 2.75) is 13.5 Å². The van der Waals surface area contributed by atoms with Gasteiger partial charge in [-0.05, 0) is 19.1 Å². The Kier molecular flexibility index (Phi) is 7.12. The van der Waals surface area contributed by atoms with Crippen LogP contribution in [0.5, 0.6) is 0 Å². The number of guanidine groups is 1. The topological polar surface area (TPSA) is 69.8 Å². The Balaban J connectivity index is 0.00000243. The van der Waals surface area contributed by atoms with Crippen molar-refractivity contribution < 1.29 is 13.3 Å². The summed E-state index contributed by atoms with van der Waals surface area (Å²) in [6, 6.07) is 3.51. The van der Waals surface area contributed by atoms with Gasteiger partial charge in [-0.3, -0.25) is 4.99 Å². The first-order chi connectivity index (χ1) is 12.1. The van der Waals surface area contributed by atoms with Crippen LogP contribution in [0.2, 0.25) is 0 Å². The first-order valence-corrected chi connectivity index (χ1v) is 8.01. The molecule has 0 radical (unpaired) electrons. The van der Waals surface area contributed by atoms with Gasteiger partial charge in [0.05, 0.1) is 12.2 Å². The summed E-state index contributed by atoms with van der Waals surface area (Å²) < 4.78 is 32.3. The van der Waals surface area contributed by atoms with E-state index in [9.17, 15) is 8.78 Å². The molecule has 0 bridgehead atoms. The molecule has 0 aliphatic carbocycles. The Morgan fingerprint density at radius 3 is 2.62 bits per heavy atom. The molecule has 1 N–H and O–H groups in total. The molecule has 0 unspecified atom stereocenters. The third kappa shape index (κ3) is 4.80. The highest BCUT2D eigenvalue weighted by Crippen LogP contribution is 2.21. The van der Waals surface area contributed by atoms with Gasteiger partial charge < -0.3 is 19.6 Å². The Bertz CT molecular complexity index is 761. The van der Waals surface area contributed by atoms with Gasteiger partial charge in [0, 0.05) is 39.3 Å². The average molecular weight is 478 g/mol. The molecule has 1 aliphatic rings. The standard InChI is InChI=1S/C16H20F2N6O.HI/c1-11-21-15(25-22-11)10-20-16(19-2)24-7-5-23(6-8-24)14-9-12(17)3-4-13(14)18;/h3-4,9H,5-8,10H2,1-2H3,(H,19,20);1H. The second kappa shape index (κ2) is 9.10. The number of rotatable bonds is 3. The Morgan fingerprint density at radius 2 is 2.00 bits per heavy atom. The van der Waals surface area contributed by atoms with Gasteiger partial charge in [0.1, 0.15) is 11.6 Å². The molecule has 10 heteroatoms. The number of anilines is 1. The number of nitrogens with zero attached hydrogens (tertiary/aromatic N) is 5. The largest absolute Gasteiger partial charge is 0.366 e. The minimum Gasteiger partial charge on any atom is -0.366 e. The summed E-state index contributed by atoms with van der Waals surface area (Å²) in [5.41, 5.74) is 0.295. The molecule has 1 aromatic carbocycles. The van der Waals surface area contributed by atoms with Crippen molar-refractivity contribution in [2.75, 3.05) is 38.1 Å². The van der Waals surface area contributed by atoms with E-state index in [0.717, 1.165) is 12.1 Å². The normalized spacial score (nSPS) is 15.0. The maximum atomic E-state index is 13.9. The van der Waals surface area contributed by atoms with Crippen LogP contribution in [-0.4, -0.2) is 54.2 Å². The van der Waals surface area contributed by atoms with Crippen molar-refractivity contribution in [3.8, 4) is 0 Å². The van der Waals surface area contributed by atoms with Crippen LogP contribution in [0, 0.1) is 18.6 Å². The molecule has 3 rings (SSSR count). The average Bonchev–Trinajstić information content (AvgIpc) is 3.03. The third-order valence-electron chi connectivity index (χ3n) is 4.01. The SMILES string of the molecule is CN=C(NCc1nc(C)no1)N1CCN(c2cc(F)ccc2F)CC1.I. The lowest BCUT2D eigenvalue weighted by Gasteiger charge is -2.37. The molecule has 142 valence electrons. The first-order valence-electron chi connectivity index (χ1n) is 8.01. The number of benzene rings is 1. The van der Waals surface area contributed by atoms with E-state index in [0.29, 0.717) is 56.1 Å². The Hall–Kier alpha value is -1.98. The molecule has 1 fully saturated rings. The lowest BCUT2D eigenvalue weighted by atomic mass is 10.2. The zero-order chi connectivity index (χ0) is 17.8. The predicted molar refractivity (Wildman–Crippen MR) is 105 cm³/mol. The molecule has 7 nitrogen and oxygen atoms in total. The van der Waals surface area contributed by atoms with E-state index in [4.69, 9.17) is 4.52 Å². The molecule has 0 spiro atoms. The molecule has 0 saturated carbocycles. The summed E-state index contributed by atoms with van der Waals surface area (Å²) >= 11 is 0. The second-order valence-electron chi connectivity index (χ2n) is 5.71. The van der Waals surface area contributed by atoms with E-state index in [1.54, 1.807) is 14.0 Å². The van der Waals surface area contributed by atoms with Gasteiger partial charge in [0.2, 0.25) is 5.89 Å². The maximum Gasteiger partial charge on any atom is 0.246 e. The first kappa shape index (κ1) is 20.3. The minimum absolute atomic E-state index is 0. The smallest absolute Gasteiger partial charge is 0.246 e. The van der Waals surface area contributed by atoms with E-state index >= 15 is 0 Å². The third-order valence-corrected chi connectivity index (χ3v) is 4.01. The van der Waals surface area contributed by atoms with E-state index in [1.807, 2.05) is 4.90 Å². The van der Waals surface area contributed by atoms with Gasteiger partial charge in [0.25, 0.3) is 0 Å². The van der Waals surface area contributed by atoms with Crippen molar-refractivity contribution in [3.05, 3.63) is 41.5 Å². The summed E-state index contributed by atoms with van der Waals surface area (Å²) in [5, 5.41) is 6.91. The van der Waals surface area contributed by atoms with Gasteiger partial charge >= 0.3 is 0 Å². The Labute approximate surface area is 167 Å². The Morgan fingerprint density at radius 1 is 1.27 bits per heavy atom. The van der Waals surface area contributed by atoms with E-state index in [-0.39, 0.29) is 24.0 Å². The summed E-state index contributed by atoms with van der Waals surface area (Å²) in [5.74, 6) is 0.919. The molecular formula is C16H21F2IN6O. The van der Waals surface area contributed by atoms with Crippen LogP contribution >= 0.6 is 24.0 Å². The number of hydrogen-bond donors (Lipinski definition) is 1. The molecule has 1 aliphatic heterocycles. The quantitative estimate of drug-likeness (QED) is 0.415. The van der Waals surface area contributed by atoms with Crippen molar-refractivity contribution in [3.63, 3.8) is 0 Å². The van der Waals surface area contributed by atoms with Gasteiger partial charge in [-0.25, -0.2) is 8.78 Å². The van der Waals surface area contributed by atoms with Crippen LogP contribution in [0.1, 0.15) is 11.7 Å². The van der Waals surface area contributed by atoms with Gasteiger partial charge in [0.15, 0.2) is 11.8 Å². The van der Waals surface area contributed by atoms with Crippen LogP contribution < -0.4 is 10.2 Å². The van der Waals surface area contributed by atoms with Crippen LogP contribution in [-0.2, 0) is 6.54 Å². The van der Waals surface area contributed by atoms with Gasteiger partial charge in [-0.15, -0.1) is 24.0 Å². The molecule has 26 heavy (non-hydrogen) atoms. The molecule has 1 aromatic heterocycles. The number of hydrogen-bond acceptors (Lipinski definition) is 5. The highest BCUT2D eigenvalue weighted by Gasteiger charge is 2.22. The summed E-state index contributed by atoms with van der Waals surface area (Å²) in [6.45, 7) is 4.55. The molecule has 2 aromatic rings. The van der Waals surface area contributed by atoms with E-state index in [1.165, 1.54) is 6.07 Å². The fraction of sp³-hybridized carbons (Fsp3) is 0.438. The number of aromatic nitrogens is 2. The van der Waals surface area contributed by atoms with Crippen molar-refractivity contribution >= 4 is 35.6 Å². The lowest BCUT2D eigenvalue weighted by Crippen LogP contribution is -2.52. The molecule has 0 amide bonds. The molecule has 1 saturated heterocycles. The lowest BCUT2D eigenvalue weighted by molar-refractivity contribution is 0.353. The zero-order valence-electron chi connectivity index (χ0n) is 14.6. The summed E-state index contributed by atoms with van der Waals surface area (Å²) in [6.07, 6.45) is 0.